The highest BCUT2D eigenvalue weighted by atomic mass is 16.3. The number of rotatable bonds is 7. The molecule has 10 aromatic carbocycles. The molecule has 0 aliphatic heterocycles. The molecule has 69 heavy (non-hydrogen) atoms. The number of aromatic nitrogens is 4. The van der Waals surface area contributed by atoms with Crippen LogP contribution in [0.5, 0.6) is 0 Å². The van der Waals surface area contributed by atoms with E-state index in [9.17, 15) is 0 Å². The molecule has 0 N–H and O–H groups in total. The highest BCUT2D eigenvalue weighted by Gasteiger charge is 2.21. The van der Waals surface area contributed by atoms with Crippen LogP contribution in [0.4, 0.5) is 0 Å². The number of para-hydroxylation sites is 1. The Kier molecular flexibility index (Phi) is 8.79. The van der Waals surface area contributed by atoms with Gasteiger partial charge in [0.1, 0.15) is 22.3 Å². The van der Waals surface area contributed by atoms with E-state index in [1.807, 2.05) is 60.7 Å². The Morgan fingerprint density at radius 3 is 1.43 bits per heavy atom. The summed E-state index contributed by atoms with van der Waals surface area (Å²) in [6.45, 7) is 0. The smallest absolute Gasteiger partial charge is 0.164 e. The third-order valence-corrected chi connectivity index (χ3v) is 13.5. The topological polar surface area (TPSA) is 69.9 Å². The maximum absolute atomic E-state index is 6.62. The predicted molar refractivity (Wildman–Crippen MR) is 281 cm³/mol. The van der Waals surface area contributed by atoms with E-state index in [1.54, 1.807) is 0 Å². The van der Waals surface area contributed by atoms with Crippen molar-refractivity contribution in [3.8, 4) is 73.2 Å². The van der Waals surface area contributed by atoms with Gasteiger partial charge >= 0.3 is 0 Å². The fraction of sp³-hybridized carbons (Fsp3) is 0. The lowest BCUT2D eigenvalue weighted by Gasteiger charge is -2.10. The fourth-order valence-corrected chi connectivity index (χ4v) is 10.2. The molecule has 0 saturated carbocycles. The zero-order valence-electron chi connectivity index (χ0n) is 37.0. The van der Waals surface area contributed by atoms with E-state index >= 15 is 0 Å². The van der Waals surface area contributed by atoms with Gasteiger partial charge in [-0.05, 0) is 100 Å². The summed E-state index contributed by atoms with van der Waals surface area (Å²) in [4.78, 5) is 15.0. The third kappa shape index (κ3) is 6.45. The molecule has 0 bridgehead atoms. The van der Waals surface area contributed by atoms with Crippen LogP contribution in [0.15, 0.2) is 239 Å². The van der Waals surface area contributed by atoms with Crippen molar-refractivity contribution in [1.82, 2.24) is 19.5 Å². The van der Waals surface area contributed by atoms with Crippen molar-refractivity contribution in [1.29, 1.82) is 0 Å². The number of benzene rings is 10. The third-order valence-electron chi connectivity index (χ3n) is 13.5. The lowest BCUT2D eigenvalue weighted by molar-refractivity contribution is 0.668. The zero-order chi connectivity index (χ0) is 45.4. The first kappa shape index (κ1) is 38.8. The van der Waals surface area contributed by atoms with Gasteiger partial charge in [0.2, 0.25) is 0 Å². The van der Waals surface area contributed by atoms with Gasteiger partial charge in [-0.1, -0.05) is 164 Å². The summed E-state index contributed by atoms with van der Waals surface area (Å²) in [6.07, 6.45) is 0. The largest absolute Gasteiger partial charge is 0.456 e. The molecule has 6 heteroatoms. The Balaban J connectivity index is 0.892. The van der Waals surface area contributed by atoms with Crippen LogP contribution in [-0.2, 0) is 0 Å². The summed E-state index contributed by atoms with van der Waals surface area (Å²) >= 11 is 0. The predicted octanol–water partition coefficient (Wildman–Crippen LogP) is 16.8. The van der Waals surface area contributed by atoms with Crippen molar-refractivity contribution in [2.75, 3.05) is 0 Å². The number of furan rings is 2. The Morgan fingerprint density at radius 2 is 0.754 bits per heavy atom. The second kappa shape index (κ2) is 15.6. The molecule has 0 unspecified atom stereocenters. The zero-order valence-corrected chi connectivity index (χ0v) is 37.0. The molecule has 322 valence electrons. The van der Waals surface area contributed by atoms with E-state index < -0.39 is 0 Å². The highest BCUT2D eigenvalue weighted by Crippen LogP contribution is 2.43. The van der Waals surface area contributed by atoms with Crippen LogP contribution in [-0.4, -0.2) is 19.5 Å². The van der Waals surface area contributed by atoms with Crippen LogP contribution in [0, 0.1) is 0 Å². The van der Waals surface area contributed by atoms with E-state index in [0.717, 1.165) is 99.5 Å². The lowest BCUT2D eigenvalue weighted by atomic mass is 9.96. The molecule has 0 atom stereocenters. The van der Waals surface area contributed by atoms with E-state index in [2.05, 4.69) is 174 Å². The van der Waals surface area contributed by atoms with Gasteiger partial charge in [0.15, 0.2) is 17.5 Å². The van der Waals surface area contributed by atoms with Gasteiger partial charge in [-0.15, -0.1) is 0 Å². The van der Waals surface area contributed by atoms with Gasteiger partial charge < -0.3 is 13.4 Å². The molecule has 0 radical (unpaired) electrons. The minimum Gasteiger partial charge on any atom is -0.456 e. The molecule has 14 rings (SSSR count). The molecular weight excluding hydrogens is 845 g/mol. The summed E-state index contributed by atoms with van der Waals surface area (Å²) in [5.41, 5.74) is 16.1. The molecule has 0 aliphatic carbocycles. The lowest BCUT2D eigenvalue weighted by Crippen LogP contribution is -2.00. The van der Waals surface area contributed by atoms with Crippen LogP contribution in [0.2, 0.25) is 0 Å². The molecular formula is C63H38N4O2. The number of hydrogen-bond acceptors (Lipinski definition) is 5. The Bertz CT molecular complexity index is 4250. The molecule has 0 amide bonds. The average Bonchev–Trinajstić information content (AvgIpc) is 4.10. The molecule has 0 fully saturated rings. The van der Waals surface area contributed by atoms with Gasteiger partial charge in [-0.2, -0.15) is 0 Å². The van der Waals surface area contributed by atoms with Gasteiger partial charge in [-0.3, -0.25) is 0 Å². The summed E-state index contributed by atoms with van der Waals surface area (Å²) < 4.78 is 15.6. The summed E-state index contributed by atoms with van der Waals surface area (Å²) in [5.74, 6) is 1.86. The van der Waals surface area contributed by atoms with E-state index in [1.165, 1.54) is 21.9 Å². The van der Waals surface area contributed by atoms with Crippen molar-refractivity contribution in [3.63, 3.8) is 0 Å². The van der Waals surface area contributed by atoms with Crippen LogP contribution in [0.3, 0.4) is 0 Å². The molecule has 0 spiro atoms. The monoisotopic (exact) mass is 882 g/mol. The Morgan fingerprint density at radius 1 is 0.275 bits per heavy atom. The van der Waals surface area contributed by atoms with Gasteiger partial charge in [0.25, 0.3) is 0 Å². The minimum atomic E-state index is 0.608. The van der Waals surface area contributed by atoms with E-state index in [-0.39, 0.29) is 0 Å². The van der Waals surface area contributed by atoms with Gasteiger partial charge in [0.05, 0.1) is 22.1 Å². The second-order valence-electron chi connectivity index (χ2n) is 17.5. The SMILES string of the molecule is c1ccc(-c2ccc3c(c2)c2ccccc2n3-c2cccc3oc4ccc(-c5ccc6oc7cccc(-c8cccc(-c9nc(-c%10ccccc%10)nc(-c%10ccccc%10)n9)c8)c7c6c5)cc4c23)cc1. The van der Waals surface area contributed by atoms with Crippen molar-refractivity contribution in [3.05, 3.63) is 231 Å². The van der Waals surface area contributed by atoms with Crippen LogP contribution in [0.25, 0.3) is 139 Å². The molecule has 4 aromatic heterocycles. The Labute approximate surface area is 396 Å². The van der Waals surface area contributed by atoms with Crippen molar-refractivity contribution in [2.24, 2.45) is 0 Å². The molecule has 0 aliphatic rings. The summed E-state index contributed by atoms with van der Waals surface area (Å²) in [5, 5.41) is 6.65. The summed E-state index contributed by atoms with van der Waals surface area (Å²) in [6, 6.07) is 80.4. The van der Waals surface area contributed by atoms with E-state index in [0.29, 0.717) is 17.5 Å². The molecule has 6 nitrogen and oxygen atoms in total. The van der Waals surface area contributed by atoms with Gasteiger partial charge in [0, 0.05) is 43.6 Å². The summed E-state index contributed by atoms with van der Waals surface area (Å²) in [7, 11) is 0. The number of fused-ring (bicyclic) bond motifs is 9. The fourth-order valence-electron chi connectivity index (χ4n) is 10.2. The van der Waals surface area contributed by atoms with Crippen molar-refractivity contribution in [2.45, 2.75) is 0 Å². The number of hydrogen-bond donors (Lipinski definition) is 0. The van der Waals surface area contributed by atoms with Crippen LogP contribution in [0.1, 0.15) is 0 Å². The quantitative estimate of drug-likeness (QED) is 0.159. The first-order valence-corrected chi connectivity index (χ1v) is 23.2. The van der Waals surface area contributed by atoms with E-state index in [4.69, 9.17) is 23.8 Å². The van der Waals surface area contributed by atoms with Crippen molar-refractivity contribution >= 4 is 65.7 Å². The Hall–Kier alpha value is -9.39. The van der Waals surface area contributed by atoms with Crippen molar-refractivity contribution < 1.29 is 8.83 Å². The maximum atomic E-state index is 6.62. The maximum Gasteiger partial charge on any atom is 0.164 e. The number of nitrogens with zero attached hydrogens (tertiary/aromatic N) is 4. The molecule has 0 saturated heterocycles. The first-order chi connectivity index (χ1) is 34.2. The molecule has 4 heterocycles. The minimum absolute atomic E-state index is 0.608. The second-order valence-corrected chi connectivity index (χ2v) is 17.5. The molecule has 14 aromatic rings. The normalized spacial score (nSPS) is 11.8. The van der Waals surface area contributed by atoms with Crippen LogP contribution >= 0.6 is 0 Å². The van der Waals surface area contributed by atoms with Gasteiger partial charge in [-0.25, -0.2) is 15.0 Å². The first-order valence-electron chi connectivity index (χ1n) is 23.2. The average molecular weight is 883 g/mol. The highest BCUT2D eigenvalue weighted by molar-refractivity contribution is 6.16. The standard InChI is InChI=1S/C63H38N4O2/c1-4-15-39(16-5-1)42-29-32-53-49(36-42)48-23-10-11-25-52(48)67(53)54-26-14-28-58-60(54)51-38-44(31-34-56(51)69-58)43-30-33-55-50(37-43)59-47(24-13-27-57(59)68-55)45-21-12-22-46(35-45)63-65-61(40-17-6-2-7-18-40)64-62(66-63)41-19-8-3-9-20-41/h1-38H. The van der Waals surface area contributed by atoms with Crippen LogP contribution < -0.4 is 0 Å².